The van der Waals surface area contributed by atoms with Crippen molar-refractivity contribution in [3.63, 3.8) is 0 Å². The minimum atomic E-state index is -0.0506. The molecule has 0 unspecified atom stereocenters. The molecule has 0 atom stereocenters. The van der Waals surface area contributed by atoms with Crippen LogP contribution in [0.2, 0.25) is 0 Å². The van der Waals surface area contributed by atoms with Gasteiger partial charge in [0.2, 0.25) is 0 Å². The molecule has 0 radical (unpaired) electrons. The molecule has 0 aliphatic carbocycles. The van der Waals surface area contributed by atoms with Gasteiger partial charge in [-0.25, -0.2) is 4.58 Å². The Bertz CT molecular complexity index is 383. The molecule has 0 bridgehead atoms. The number of aromatic hydroxyl groups is 2. The molecule has 2 rings (SSSR count). The highest BCUT2D eigenvalue weighted by molar-refractivity contribution is 5.80. The van der Waals surface area contributed by atoms with Crippen molar-refractivity contribution in [2.45, 2.75) is 6.42 Å². The van der Waals surface area contributed by atoms with Gasteiger partial charge >= 0.3 is 0 Å². The molecule has 13 heavy (non-hydrogen) atoms. The summed E-state index contributed by atoms with van der Waals surface area (Å²) in [7, 11) is 1.99. The fraction of sp³-hybridized carbons (Fsp3) is 0.300. The van der Waals surface area contributed by atoms with E-state index in [1.807, 2.05) is 13.3 Å². The van der Waals surface area contributed by atoms with E-state index in [1.165, 1.54) is 0 Å². The molecule has 0 fully saturated rings. The molecule has 1 heterocycles. The molecule has 3 heteroatoms. The van der Waals surface area contributed by atoms with E-state index in [0.717, 1.165) is 24.1 Å². The third-order valence-corrected chi connectivity index (χ3v) is 2.33. The molecule has 0 amide bonds. The highest BCUT2D eigenvalue weighted by atomic mass is 16.3. The normalized spacial score (nSPS) is 15.0. The van der Waals surface area contributed by atoms with Crippen molar-refractivity contribution in [2.24, 2.45) is 0 Å². The Kier molecular flexibility index (Phi) is 1.72. The maximum Gasteiger partial charge on any atom is 0.170 e. The molecule has 0 saturated carbocycles. The van der Waals surface area contributed by atoms with Crippen LogP contribution in [-0.2, 0) is 6.42 Å². The average Bonchev–Trinajstić information content (AvgIpc) is 2.08. The number of benzene rings is 1. The fourth-order valence-electron chi connectivity index (χ4n) is 1.57. The van der Waals surface area contributed by atoms with Crippen LogP contribution in [0.15, 0.2) is 12.1 Å². The highest BCUT2D eigenvalue weighted by Gasteiger charge is 2.15. The van der Waals surface area contributed by atoms with Crippen LogP contribution in [0, 0.1) is 0 Å². The van der Waals surface area contributed by atoms with Crippen molar-refractivity contribution >= 4 is 6.21 Å². The summed E-state index contributed by atoms with van der Waals surface area (Å²) in [6, 6.07) is 3.23. The molecule has 3 nitrogen and oxygen atoms in total. The predicted molar refractivity (Wildman–Crippen MR) is 49.7 cm³/mol. The Morgan fingerprint density at radius 2 is 1.92 bits per heavy atom. The molecule has 0 saturated heterocycles. The Morgan fingerprint density at radius 3 is 2.69 bits per heavy atom. The van der Waals surface area contributed by atoms with Crippen LogP contribution < -0.4 is 0 Å². The molecule has 0 spiro atoms. The smallest absolute Gasteiger partial charge is 0.170 e. The summed E-state index contributed by atoms with van der Waals surface area (Å²) < 4.78 is 2.07. The van der Waals surface area contributed by atoms with Crippen molar-refractivity contribution < 1.29 is 14.8 Å². The molecule has 2 N–H and O–H groups in total. The van der Waals surface area contributed by atoms with Gasteiger partial charge in [-0.15, -0.1) is 0 Å². The van der Waals surface area contributed by atoms with Crippen molar-refractivity contribution in [3.05, 3.63) is 23.3 Å². The summed E-state index contributed by atoms with van der Waals surface area (Å²) in [6.45, 7) is 0.956. The van der Waals surface area contributed by atoms with E-state index < -0.39 is 0 Å². The number of phenolic OH excluding ortho intramolecular Hbond substituents is 2. The van der Waals surface area contributed by atoms with Gasteiger partial charge in [-0.2, -0.15) is 0 Å². The van der Waals surface area contributed by atoms with Gasteiger partial charge in [-0.1, -0.05) is 0 Å². The van der Waals surface area contributed by atoms with Crippen LogP contribution in [-0.4, -0.2) is 34.6 Å². The lowest BCUT2D eigenvalue weighted by Crippen LogP contribution is -2.18. The maximum absolute atomic E-state index is 9.27. The Balaban J connectivity index is 2.57. The minimum absolute atomic E-state index is 0.0308. The summed E-state index contributed by atoms with van der Waals surface area (Å²) in [5.41, 5.74) is 2.08. The number of fused-ring (bicyclic) bond motifs is 1. The van der Waals surface area contributed by atoms with Crippen LogP contribution in [0.1, 0.15) is 11.1 Å². The van der Waals surface area contributed by atoms with Crippen LogP contribution in [0.25, 0.3) is 0 Å². The molecular weight excluding hydrogens is 166 g/mol. The summed E-state index contributed by atoms with van der Waals surface area (Å²) in [6.07, 6.45) is 2.88. The third-order valence-electron chi connectivity index (χ3n) is 2.33. The van der Waals surface area contributed by atoms with Crippen molar-refractivity contribution in [3.8, 4) is 11.5 Å². The SMILES string of the molecule is C[N+]1=Cc2cc(O)c(O)cc2CC1. The van der Waals surface area contributed by atoms with E-state index >= 15 is 0 Å². The second-order valence-electron chi connectivity index (χ2n) is 3.40. The van der Waals surface area contributed by atoms with Gasteiger partial charge in [0.25, 0.3) is 0 Å². The fourth-order valence-corrected chi connectivity index (χ4v) is 1.57. The van der Waals surface area contributed by atoms with E-state index in [4.69, 9.17) is 0 Å². The molecule has 1 aliphatic heterocycles. The largest absolute Gasteiger partial charge is 0.504 e. The zero-order chi connectivity index (χ0) is 9.42. The summed E-state index contributed by atoms with van der Waals surface area (Å²) >= 11 is 0. The standard InChI is InChI=1S/C10H11NO2/c1-11-3-2-7-4-9(12)10(13)5-8(7)6-11/h4-6,13H,2-3H2,1H3/p+1. The number of nitrogens with zero attached hydrogens (tertiary/aromatic N) is 1. The van der Waals surface area contributed by atoms with Crippen molar-refractivity contribution in [1.82, 2.24) is 0 Å². The van der Waals surface area contributed by atoms with E-state index in [9.17, 15) is 10.2 Å². The van der Waals surface area contributed by atoms with Crippen LogP contribution >= 0.6 is 0 Å². The van der Waals surface area contributed by atoms with Gasteiger partial charge in [-0.3, -0.25) is 0 Å². The van der Waals surface area contributed by atoms with Crippen molar-refractivity contribution in [2.75, 3.05) is 13.6 Å². The lowest BCUT2D eigenvalue weighted by molar-refractivity contribution is -0.493. The first-order chi connectivity index (χ1) is 6.16. The zero-order valence-electron chi connectivity index (χ0n) is 7.49. The second kappa shape index (κ2) is 2.76. The Labute approximate surface area is 76.6 Å². The average molecular weight is 178 g/mol. The van der Waals surface area contributed by atoms with Crippen LogP contribution in [0.5, 0.6) is 11.5 Å². The number of hydrogen-bond acceptors (Lipinski definition) is 2. The minimum Gasteiger partial charge on any atom is -0.504 e. The monoisotopic (exact) mass is 178 g/mol. The first kappa shape index (κ1) is 8.10. The lowest BCUT2D eigenvalue weighted by atomic mass is 10.0. The van der Waals surface area contributed by atoms with E-state index in [-0.39, 0.29) is 11.5 Å². The summed E-state index contributed by atoms with van der Waals surface area (Å²) in [5, 5.41) is 18.5. The molecular formula is C10H12NO2+. The number of likely N-dealkylation sites (N-methyl/N-ethyl adjacent to an activating group) is 1. The van der Waals surface area contributed by atoms with Crippen LogP contribution in [0.4, 0.5) is 0 Å². The Morgan fingerprint density at radius 1 is 1.23 bits per heavy atom. The van der Waals surface area contributed by atoms with E-state index in [1.54, 1.807) is 12.1 Å². The van der Waals surface area contributed by atoms with Gasteiger partial charge < -0.3 is 10.2 Å². The first-order valence-corrected chi connectivity index (χ1v) is 4.27. The first-order valence-electron chi connectivity index (χ1n) is 4.27. The van der Waals surface area contributed by atoms with Gasteiger partial charge in [-0.05, 0) is 17.7 Å². The Hall–Kier alpha value is -1.51. The van der Waals surface area contributed by atoms with Gasteiger partial charge in [0.15, 0.2) is 17.7 Å². The van der Waals surface area contributed by atoms with Crippen LogP contribution in [0.3, 0.4) is 0 Å². The zero-order valence-corrected chi connectivity index (χ0v) is 7.49. The number of hydrogen-bond donors (Lipinski definition) is 2. The lowest BCUT2D eigenvalue weighted by Gasteiger charge is -2.10. The van der Waals surface area contributed by atoms with E-state index in [0.29, 0.717) is 0 Å². The topological polar surface area (TPSA) is 43.5 Å². The molecule has 1 aliphatic rings. The number of phenols is 2. The van der Waals surface area contributed by atoms with Crippen molar-refractivity contribution in [1.29, 1.82) is 0 Å². The molecule has 1 aromatic carbocycles. The summed E-state index contributed by atoms with van der Waals surface area (Å²) in [4.78, 5) is 0. The second-order valence-corrected chi connectivity index (χ2v) is 3.40. The third kappa shape index (κ3) is 1.37. The molecule has 68 valence electrons. The van der Waals surface area contributed by atoms with E-state index in [2.05, 4.69) is 4.58 Å². The number of rotatable bonds is 0. The maximum atomic E-state index is 9.27. The van der Waals surface area contributed by atoms with Gasteiger partial charge in [0.1, 0.15) is 13.6 Å². The highest BCUT2D eigenvalue weighted by Crippen LogP contribution is 2.28. The van der Waals surface area contributed by atoms with Gasteiger partial charge in [0.05, 0.1) is 0 Å². The quantitative estimate of drug-likeness (QED) is 0.454. The summed E-state index contributed by atoms with van der Waals surface area (Å²) in [5.74, 6) is -0.0815. The molecule has 0 aromatic heterocycles. The molecule has 1 aromatic rings. The predicted octanol–water partition coefficient (Wildman–Crippen LogP) is 0.715. The van der Waals surface area contributed by atoms with Gasteiger partial charge in [0, 0.05) is 12.0 Å².